The second kappa shape index (κ2) is 6.86. The fourth-order valence-corrected chi connectivity index (χ4v) is 1.93. The Morgan fingerprint density at radius 1 is 1.38 bits per heavy atom. The van der Waals surface area contributed by atoms with Crippen molar-refractivity contribution in [3.8, 4) is 0 Å². The van der Waals surface area contributed by atoms with Gasteiger partial charge in [-0.25, -0.2) is 0 Å². The highest BCUT2D eigenvalue weighted by molar-refractivity contribution is 5.78. The lowest BCUT2D eigenvalue weighted by Gasteiger charge is -2.20. The Bertz CT molecular complexity index is 212. The lowest BCUT2D eigenvalue weighted by molar-refractivity contribution is -0.120. The van der Waals surface area contributed by atoms with Crippen LogP contribution in [-0.2, 0) is 4.79 Å². The zero-order valence-electron chi connectivity index (χ0n) is 10.8. The molecule has 16 heavy (non-hydrogen) atoms. The minimum atomic E-state index is 0.137. The summed E-state index contributed by atoms with van der Waals surface area (Å²) in [6.45, 7) is 3.43. The van der Waals surface area contributed by atoms with Crippen LogP contribution in [0.4, 0.5) is 0 Å². The maximum absolute atomic E-state index is 11.6. The summed E-state index contributed by atoms with van der Waals surface area (Å²) >= 11 is 0. The topological polar surface area (TPSA) is 44.4 Å². The third-order valence-electron chi connectivity index (χ3n) is 3.33. The van der Waals surface area contributed by atoms with Gasteiger partial charge >= 0.3 is 0 Å². The van der Waals surface area contributed by atoms with E-state index in [1.807, 2.05) is 14.1 Å². The second-order valence-corrected chi connectivity index (χ2v) is 4.99. The number of hydrogen-bond acceptors (Lipinski definition) is 3. The minimum absolute atomic E-state index is 0.137. The first-order valence-corrected chi connectivity index (χ1v) is 6.26. The Balaban J connectivity index is 2.05. The predicted molar refractivity (Wildman–Crippen MR) is 66.4 cm³/mol. The predicted octanol–water partition coefficient (Wildman–Crippen LogP) is 0.585. The summed E-state index contributed by atoms with van der Waals surface area (Å²) in [6.07, 6.45) is 4.83. The number of carbonyl (C=O) groups is 1. The van der Waals surface area contributed by atoms with Crippen molar-refractivity contribution in [1.82, 2.24) is 15.5 Å². The van der Waals surface area contributed by atoms with Gasteiger partial charge in [-0.2, -0.15) is 0 Å². The van der Waals surface area contributed by atoms with Gasteiger partial charge in [-0.05, 0) is 33.9 Å². The lowest BCUT2D eigenvalue weighted by Crippen LogP contribution is -2.42. The van der Waals surface area contributed by atoms with Gasteiger partial charge in [0.25, 0.3) is 0 Å². The van der Waals surface area contributed by atoms with Gasteiger partial charge in [0.05, 0.1) is 6.54 Å². The fourth-order valence-electron chi connectivity index (χ4n) is 1.93. The highest BCUT2D eigenvalue weighted by atomic mass is 16.1. The zero-order valence-corrected chi connectivity index (χ0v) is 10.8. The monoisotopic (exact) mass is 227 g/mol. The molecule has 4 heteroatoms. The van der Waals surface area contributed by atoms with Gasteiger partial charge in [-0.1, -0.05) is 12.8 Å². The molecule has 0 aromatic carbocycles. The number of amides is 1. The number of nitrogens with zero attached hydrogens (tertiary/aromatic N) is 1. The lowest BCUT2D eigenvalue weighted by atomic mass is 10.2. The first-order valence-electron chi connectivity index (χ1n) is 6.26. The van der Waals surface area contributed by atoms with Crippen molar-refractivity contribution in [2.24, 2.45) is 0 Å². The number of carbonyl (C=O) groups excluding carboxylic acids is 1. The molecular formula is C12H25N3O. The molecule has 94 valence electrons. The molecule has 0 spiro atoms. The quantitative estimate of drug-likeness (QED) is 0.698. The van der Waals surface area contributed by atoms with Crippen LogP contribution in [0.15, 0.2) is 0 Å². The normalized spacial score (nSPS) is 19.0. The van der Waals surface area contributed by atoms with E-state index in [9.17, 15) is 4.79 Å². The number of rotatable bonds is 6. The van der Waals surface area contributed by atoms with Crippen LogP contribution in [0.1, 0.15) is 32.6 Å². The van der Waals surface area contributed by atoms with Gasteiger partial charge in [-0.3, -0.25) is 4.79 Å². The Labute approximate surface area is 98.8 Å². The van der Waals surface area contributed by atoms with Crippen LogP contribution in [0.25, 0.3) is 0 Å². The first-order chi connectivity index (χ1) is 7.59. The molecule has 4 nitrogen and oxygen atoms in total. The molecule has 1 atom stereocenters. The standard InChI is InChI=1S/C12H25N3O/c1-10(15(2)3)8-13-9-12(16)14-11-6-4-5-7-11/h10-11,13H,4-9H2,1-3H3,(H,14,16). The van der Waals surface area contributed by atoms with Crippen molar-refractivity contribution in [3.63, 3.8) is 0 Å². The second-order valence-electron chi connectivity index (χ2n) is 4.99. The largest absolute Gasteiger partial charge is 0.352 e. The molecule has 2 N–H and O–H groups in total. The summed E-state index contributed by atoms with van der Waals surface area (Å²) in [5.74, 6) is 0.137. The van der Waals surface area contributed by atoms with Gasteiger partial charge in [0.1, 0.15) is 0 Å². The highest BCUT2D eigenvalue weighted by Crippen LogP contribution is 2.17. The smallest absolute Gasteiger partial charge is 0.234 e. The van der Waals surface area contributed by atoms with E-state index in [1.54, 1.807) is 0 Å². The molecule has 1 aliphatic carbocycles. The summed E-state index contributed by atoms with van der Waals surface area (Å²) in [5, 5.41) is 6.25. The van der Waals surface area contributed by atoms with Crippen molar-refractivity contribution >= 4 is 5.91 Å². The van der Waals surface area contributed by atoms with Gasteiger partial charge < -0.3 is 15.5 Å². The van der Waals surface area contributed by atoms with Gasteiger partial charge in [0.2, 0.25) is 5.91 Å². The summed E-state index contributed by atoms with van der Waals surface area (Å²) < 4.78 is 0. The Kier molecular flexibility index (Phi) is 5.77. The van der Waals surface area contributed by atoms with Crippen molar-refractivity contribution < 1.29 is 4.79 Å². The average molecular weight is 227 g/mol. The Morgan fingerprint density at radius 2 is 2.00 bits per heavy atom. The van der Waals surface area contributed by atoms with Crippen LogP contribution in [0.2, 0.25) is 0 Å². The molecule has 0 radical (unpaired) electrons. The number of likely N-dealkylation sites (N-methyl/N-ethyl adjacent to an activating group) is 1. The van der Waals surface area contributed by atoms with E-state index in [1.165, 1.54) is 12.8 Å². The molecule has 1 amide bonds. The van der Waals surface area contributed by atoms with Crippen molar-refractivity contribution in [3.05, 3.63) is 0 Å². The Hall–Kier alpha value is -0.610. The van der Waals surface area contributed by atoms with Crippen molar-refractivity contribution in [2.45, 2.75) is 44.7 Å². The molecule has 0 saturated heterocycles. The molecule has 1 fully saturated rings. The summed E-state index contributed by atoms with van der Waals surface area (Å²) in [5.41, 5.74) is 0. The molecule has 0 heterocycles. The van der Waals surface area contributed by atoms with E-state index in [2.05, 4.69) is 22.5 Å². The first kappa shape index (κ1) is 13.5. The summed E-state index contributed by atoms with van der Waals surface area (Å²) in [6, 6.07) is 0.889. The van der Waals surface area contributed by atoms with Crippen molar-refractivity contribution in [2.75, 3.05) is 27.2 Å². The molecule has 0 aromatic rings. The maximum atomic E-state index is 11.6. The molecule has 1 unspecified atom stereocenters. The maximum Gasteiger partial charge on any atom is 0.234 e. The van der Waals surface area contributed by atoms with Crippen molar-refractivity contribution in [1.29, 1.82) is 0 Å². The van der Waals surface area contributed by atoms with E-state index >= 15 is 0 Å². The third-order valence-corrected chi connectivity index (χ3v) is 3.33. The van der Waals surface area contributed by atoms with Crippen LogP contribution in [0.5, 0.6) is 0 Å². The van der Waals surface area contributed by atoms with E-state index in [0.29, 0.717) is 18.6 Å². The van der Waals surface area contributed by atoms with Crippen LogP contribution in [0, 0.1) is 0 Å². The molecule has 0 aliphatic heterocycles. The van der Waals surface area contributed by atoms with Gasteiger partial charge in [0.15, 0.2) is 0 Å². The molecule has 1 saturated carbocycles. The number of nitrogens with one attached hydrogen (secondary N) is 2. The van der Waals surface area contributed by atoms with E-state index < -0.39 is 0 Å². The van der Waals surface area contributed by atoms with Gasteiger partial charge in [0, 0.05) is 18.6 Å². The van der Waals surface area contributed by atoms with E-state index in [4.69, 9.17) is 0 Å². The average Bonchev–Trinajstić information content (AvgIpc) is 2.70. The molecule has 0 bridgehead atoms. The third kappa shape index (κ3) is 4.94. The molecule has 1 rings (SSSR count). The van der Waals surface area contributed by atoms with Crippen LogP contribution >= 0.6 is 0 Å². The molecule has 0 aromatic heterocycles. The van der Waals surface area contributed by atoms with Crippen LogP contribution in [-0.4, -0.2) is 50.1 Å². The SMILES string of the molecule is CC(CNCC(=O)NC1CCCC1)N(C)C. The molecular weight excluding hydrogens is 202 g/mol. The summed E-state index contributed by atoms with van der Waals surface area (Å²) in [4.78, 5) is 13.7. The minimum Gasteiger partial charge on any atom is -0.352 e. The van der Waals surface area contributed by atoms with Crippen LogP contribution < -0.4 is 10.6 Å². The molecule has 1 aliphatic rings. The Morgan fingerprint density at radius 3 is 2.56 bits per heavy atom. The highest BCUT2D eigenvalue weighted by Gasteiger charge is 2.16. The van der Waals surface area contributed by atoms with E-state index in [0.717, 1.165) is 19.4 Å². The van der Waals surface area contributed by atoms with Crippen LogP contribution in [0.3, 0.4) is 0 Å². The van der Waals surface area contributed by atoms with Gasteiger partial charge in [-0.15, -0.1) is 0 Å². The zero-order chi connectivity index (χ0) is 12.0. The summed E-state index contributed by atoms with van der Waals surface area (Å²) in [7, 11) is 4.09. The van der Waals surface area contributed by atoms with E-state index in [-0.39, 0.29) is 5.91 Å². The number of hydrogen-bond donors (Lipinski definition) is 2. The fraction of sp³-hybridized carbons (Fsp3) is 0.917.